The standard InChI is InChI=1S/C12H18N6O/c13-12-17-10-9(14-6-15-10)11(18-12)16-8-4-2-1-3-7(8)5-19/h6-8,19H,1-5H2,(H4,13,14,15,16,17,18). The lowest BCUT2D eigenvalue weighted by molar-refractivity contribution is 0.178. The molecule has 2 aromatic heterocycles. The summed E-state index contributed by atoms with van der Waals surface area (Å²) in [6.07, 6.45) is 6.00. The molecule has 1 aliphatic rings. The summed E-state index contributed by atoms with van der Waals surface area (Å²) in [7, 11) is 0. The van der Waals surface area contributed by atoms with Crippen LogP contribution in [-0.4, -0.2) is 37.7 Å². The summed E-state index contributed by atoms with van der Waals surface area (Å²) < 4.78 is 0. The number of H-pyrrole nitrogens is 1. The van der Waals surface area contributed by atoms with Gasteiger partial charge in [-0.05, 0) is 12.8 Å². The maximum absolute atomic E-state index is 9.45. The van der Waals surface area contributed by atoms with E-state index in [1.807, 2.05) is 0 Å². The minimum absolute atomic E-state index is 0.199. The molecule has 2 atom stereocenters. The van der Waals surface area contributed by atoms with Crippen LogP contribution in [-0.2, 0) is 0 Å². The maximum Gasteiger partial charge on any atom is 0.224 e. The number of imidazole rings is 1. The van der Waals surface area contributed by atoms with Crippen molar-refractivity contribution in [1.29, 1.82) is 0 Å². The SMILES string of the molecule is Nc1nc(NC2CCCCC2CO)c2[nH]cnc2n1. The van der Waals surface area contributed by atoms with Crippen LogP contribution >= 0.6 is 0 Å². The molecule has 102 valence electrons. The Hall–Kier alpha value is -1.89. The summed E-state index contributed by atoms with van der Waals surface area (Å²) >= 11 is 0. The van der Waals surface area contributed by atoms with Crippen molar-refractivity contribution >= 4 is 22.9 Å². The summed E-state index contributed by atoms with van der Waals surface area (Å²) in [5.41, 5.74) is 7.01. The number of hydrogen-bond donors (Lipinski definition) is 4. The predicted molar refractivity (Wildman–Crippen MR) is 72.6 cm³/mol. The van der Waals surface area contributed by atoms with Gasteiger partial charge in [-0.1, -0.05) is 12.8 Å². The monoisotopic (exact) mass is 262 g/mol. The lowest BCUT2D eigenvalue weighted by Crippen LogP contribution is -2.34. The third-order valence-electron chi connectivity index (χ3n) is 3.77. The molecule has 5 N–H and O–H groups in total. The highest BCUT2D eigenvalue weighted by molar-refractivity contribution is 5.83. The fraction of sp³-hybridized carbons (Fsp3) is 0.583. The zero-order valence-electron chi connectivity index (χ0n) is 10.6. The van der Waals surface area contributed by atoms with Gasteiger partial charge in [-0.2, -0.15) is 9.97 Å². The molecule has 1 aliphatic carbocycles. The molecule has 3 rings (SSSR count). The van der Waals surface area contributed by atoms with E-state index in [2.05, 4.69) is 25.3 Å². The molecule has 7 nitrogen and oxygen atoms in total. The Morgan fingerprint density at radius 3 is 3.05 bits per heavy atom. The Bertz CT molecular complexity index is 568. The van der Waals surface area contributed by atoms with Crippen LogP contribution in [0, 0.1) is 5.92 Å². The van der Waals surface area contributed by atoms with Crippen LogP contribution in [0.15, 0.2) is 6.33 Å². The smallest absolute Gasteiger partial charge is 0.224 e. The van der Waals surface area contributed by atoms with Crippen molar-refractivity contribution in [3.8, 4) is 0 Å². The second-order valence-corrected chi connectivity index (χ2v) is 5.01. The first-order valence-electron chi connectivity index (χ1n) is 6.62. The Morgan fingerprint density at radius 1 is 1.37 bits per heavy atom. The molecule has 0 spiro atoms. The first-order valence-corrected chi connectivity index (χ1v) is 6.62. The summed E-state index contributed by atoms with van der Waals surface area (Å²) in [6, 6.07) is 0.222. The third kappa shape index (κ3) is 2.33. The molecule has 0 radical (unpaired) electrons. The molecule has 1 saturated carbocycles. The van der Waals surface area contributed by atoms with E-state index in [-0.39, 0.29) is 24.5 Å². The largest absolute Gasteiger partial charge is 0.396 e. The summed E-state index contributed by atoms with van der Waals surface area (Å²) in [6.45, 7) is 0.199. The molecule has 2 aromatic rings. The number of aromatic nitrogens is 4. The average Bonchev–Trinajstić information content (AvgIpc) is 2.87. The van der Waals surface area contributed by atoms with Crippen molar-refractivity contribution in [2.45, 2.75) is 31.7 Å². The molecule has 0 aromatic carbocycles. The van der Waals surface area contributed by atoms with Crippen molar-refractivity contribution in [3.05, 3.63) is 6.33 Å². The number of nitrogens with one attached hydrogen (secondary N) is 2. The molecular formula is C12H18N6O. The number of nitrogens with zero attached hydrogens (tertiary/aromatic N) is 3. The number of nitrogen functional groups attached to an aromatic ring is 1. The van der Waals surface area contributed by atoms with E-state index in [0.29, 0.717) is 11.5 Å². The molecule has 2 heterocycles. The second kappa shape index (κ2) is 5.00. The van der Waals surface area contributed by atoms with Crippen LogP contribution in [0.4, 0.5) is 11.8 Å². The van der Waals surface area contributed by atoms with Crippen LogP contribution < -0.4 is 11.1 Å². The Labute approximate surface area is 110 Å². The minimum atomic E-state index is 0.199. The number of aromatic amines is 1. The van der Waals surface area contributed by atoms with Crippen LogP contribution in [0.5, 0.6) is 0 Å². The third-order valence-corrected chi connectivity index (χ3v) is 3.77. The van der Waals surface area contributed by atoms with E-state index in [9.17, 15) is 5.11 Å². The van der Waals surface area contributed by atoms with E-state index in [1.54, 1.807) is 6.33 Å². The zero-order chi connectivity index (χ0) is 13.2. The molecule has 19 heavy (non-hydrogen) atoms. The topological polar surface area (TPSA) is 113 Å². The Balaban J connectivity index is 1.89. The van der Waals surface area contributed by atoms with Gasteiger partial charge in [-0.15, -0.1) is 0 Å². The molecule has 0 bridgehead atoms. The zero-order valence-corrected chi connectivity index (χ0v) is 10.6. The molecule has 2 unspecified atom stereocenters. The van der Waals surface area contributed by atoms with Crippen LogP contribution in [0.25, 0.3) is 11.2 Å². The molecule has 0 amide bonds. The van der Waals surface area contributed by atoms with Gasteiger partial charge in [-0.3, -0.25) is 0 Å². The highest BCUT2D eigenvalue weighted by Crippen LogP contribution is 2.28. The first kappa shape index (κ1) is 12.2. The second-order valence-electron chi connectivity index (χ2n) is 5.01. The van der Waals surface area contributed by atoms with Gasteiger partial charge in [0.2, 0.25) is 5.95 Å². The number of rotatable bonds is 3. The van der Waals surface area contributed by atoms with Gasteiger partial charge in [0.25, 0.3) is 0 Å². The lowest BCUT2D eigenvalue weighted by atomic mass is 9.85. The molecular weight excluding hydrogens is 244 g/mol. The van der Waals surface area contributed by atoms with Gasteiger partial charge in [0, 0.05) is 18.6 Å². The predicted octanol–water partition coefficient (Wildman–Crippen LogP) is 0.898. The quantitative estimate of drug-likeness (QED) is 0.653. The highest BCUT2D eigenvalue weighted by Gasteiger charge is 2.25. The lowest BCUT2D eigenvalue weighted by Gasteiger charge is -2.31. The van der Waals surface area contributed by atoms with Gasteiger partial charge in [0.05, 0.1) is 6.33 Å². The van der Waals surface area contributed by atoms with E-state index in [1.165, 1.54) is 12.8 Å². The van der Waals surface area contributed by atoms with Gasteiger partial charge < -0.3 is 21.1 Å². The molecule has 7 heteroatoms. The van der Waals surface area contributed by atoms with Crippen LogP contribution in [0.2, 0.25) is 0 Å². The maximum atomic E-state index is 9.45. The number of fused-ring (bicyclic) bond motifs is 1. The number of aliphatic hydroxyl groups is 1. The van der Waals surface area contributed by atoms with Crippen LogP contribution in [0.3, 0.4) is 0 Å². The summed E-state index contributed by atoms with van der Waals surface area (Å²) in [4.78, 5) is 15.4. The van der Waals surface area contributed by atoms with E-state index in [4.69, 9.17) is 5.73 Å². The van der Waals surface area contributed by atoms with Crippen molar-refractivity contribution in [2.75, 3.05) is 17.7 Å². The number of nitrogens with two attached hydrogens (primary N) is 1. The molecule has 0 aliphatic heterocycles. The average molecular weight is 262 g/mol. The summed E-state index contributed by atoms with van der Waals surface area (Å²) in [5, 5.41) is 12.8. The van der Waals surface area contributed by atoms with Gasteiger partial charge >= 0.3 is 0 Å². The van der Waals surface area contributed by atoms with Gasteiger partial charge in [-0.25, -0.2) is 4.98 Å². The number of anilines is 2. The van der Waals surface area contributed by atoms with E-state index < -0.39 is 0 Å². The van der Waals surface area contributed by atoms with E-state index >= 15 is 0 Å². The summed E-state index contributed by atoms with van der Waals surface area (Å²) in [5.74, 6) is 1.15. The van der Waals surface area contributed by atoms with Gasteiger partial charge in [0.15, 0.2) is 11.5 Å². The normalized spacial score (nSPS) is 23.6. The highest BCUT2D eigenvalue weighted by atomic mass is 16.3. The first-order chi connectivity index (χ1) is 9.28. The molecule has 1 fully saturated rings. The number of hydrogen-bond acceptors (Lipinski definition) is 6. The van der Waals surface area contributed by atoms with Crippen LogP contribution in [0.1, 0.15) is 25.7 Å². The fourth-order valence-electron chi connectivity index (χ4n) is 2.75. The Morgan fingerprint density at radius 2 is 2.21 bits per heavy atom. The van der Waals surface area contributed by atoms with Crippen molar-refractivity contribution in [2.24, 2.45) is 5.92 Å². The molecule has 0 saturated heterocycles. The van der Waals surface area contributed by atoms with E-state index in [0.717, 1.165) is 18.4 Å². The van der Waals surface area contributed by atoms with Crippen molar-refractivity contribution < 1.29 is 5.11 Å². The Kier molecular flexibility index (Phi) is 3.20. The van der Waals surface area contributed by atoms with Crippen molar-refractivity contribution in [1.82, 2.24) is 19.9 Å². The van der Waals surface area contributed by atoms with Gasteiger partial charge in [0.1, 0.15) is 5.52 Å². The number of aliphatic hydroxyl groups excluding tert-OH is 1. The van der Waals surface area contributed by atoms with Crippen molar-refractivity contribution in [3.63, 3.8) is 0 Å². The minimum Gasteiger partial charge on any atom is -0.396 e. The fourth-order valence-corrected chi connectivity index (χ4v) is 2.75.